The number of aliphatic carboxylic acids is 1. The highest BCUT2D eigenvalue weighted by atomic mass is 16.4. The molecular formula is C20H19N3O3. The number of carboxylic acid groups (broad SMARTS) is 1. The highest BCUT2D eigenvalue weighted by Gasteiger charge is 2.15. The molecular weight excluding hydrogens is 330 g/mol. The number of benzene rings is 1. The first-order chi connectivity index (χ1) is 12.6. The van der Waals surface area contributed by atoms with Crippen LogP contribution < -0.4 is 5.32 Å². The lowest BCUT2D eigenvalue weighted by atomic mass is 10.0. The summed E-state index contributed by atoms with van der Waals surface area (Å²) in [4.78, 5) is 31.0. The molecule has 6 nitrogen and oxygen atoms in total. The van der Waals surface area contributed by atoms with Crippen molar-refractivity contribution < 1.29 is 14.7 Å². The molecule has 0 spiro atoms. The fourth-order valence-electron chi connectivity index (χ4n) is 2.78. The molecule has 0 aliphatic heterocycles. The molecule has 1 aromatic carbocycles. The van der Waals surface area contributed by atoms with E-state index >= 15 is 0 Å². The summed E-state index contributed by atoms with van der Waals surface area (Å²) in [5.41, 5.74) is 2.62. The Balaban J connectivity index is 2.10. The minimum absolute atomic E-state index is 0.0855. The van der Waals surface area contributed by atoms with Crippen LogP contribution in [0.2, 0.25) is 0 Å². The number of pyridine rings is 1. The van der Waals surface area contributed by atoms with Gasteiger partial charge in [0.25, 0.3) is 0 Å². The smallest absolute Gasteiger partial charge is 0.336 e. The predicted molar refractivity (Wildman–Crippen MR) is 102 cm³/mol. The number of H-pyrrole nitrogens is 1. The first-order valence-electron chi connectivity index (χ1n) is 8.36. The van der Waals surface area contributed by atoms with Gasteiger partial charge >= 0.3 is 5.97 Å². The van der Waals surface area contributed by atoms with Crippen molar-refractivity contribution in [3.8, 4) is 0 Å². The van der Waals surface area contributed by atoms with Gasteiger partial charge in [0.15, 0.2) is 0 Å². The maximum atomic E-state index is 12.0. The summed E-state index contributed by atoms with van der Waals surface area (Å²) in [6.07, 6.45) is 6.05. The van der Waals surface area contributed by atoms with Crippen LogP contribution in [-0.2, 0) is 9.59 Å². The van der Waals surface area contributed by atoms with Gasteiger partial charge in [0, 0.05) is 29.8 Å². The third kappa shape index (κ3) is 3.64. The van der Waals surface area contributed by atoms with Crippen molar-refractivity contribution in [2.24, 2.45) is 0 Å². The second kappa shape index (κ2) is 7.65. The Morgan fingerprint density at radius 2 is 2.00 bits per heavy atom. The average Bonchev–Trinajstić information content (AvgIpc) is 3.04. The van der Waals surface area contributed by atoms with Gasteiger partial charge in [-0.25, -0.2) is 9.78 Å². The lowest BCUT2D eigenvalue weighted by molar-refractivity contribution is -0.130. The molecule has 2 aromatic heterocycles. The van der Waals surface area contributed by atoms with Crippen molar-refractivity contribution in [1.29, 1.82) is 0 Å². The fourth-order valence-corrected chi connectivity index (χ4v) is 2.78. The number of aromatic amines is 1. The van der Waals surface area contributed by atoms with Gasteiger partial charge in [0.2, 0.25) is 5.91 Å². The largest absolute Gasteiger partial charge is 0.478 e. The highest BCUT2D eigenvalue weighted by Crippen LogP contribution is 2.29. The van der Waals surface area contributed by atoms with Crippen molar-refractivity contribution in [1.82, 2.24) is 9.97 Å². The molecule has 26 heavy (non-hydrogen) atoms. The maximum Gasteiger partial charge on any atom is 0.336 e. The van der Waals surface area contributed by atoms with E-state index < -0.39 is 5.97 Å². The SMILES string of the molecule is CCCC(=O)Nc1ccnc2[nH]cc(C=C(C(=O)O)c3ccccc3)c12. The zero-order valence-electron chi connectivity index (χ0n) is 14.3. The van der Waals surface area contributed by atoms with Crippen molar-refractivity contribution in [2.45, 2.75) is 19.8 Å². The summed E-state index contributed by atoms with van der Waals surface area (Å²) in [7, 11) is 0. The van der Waals surface area contributed by atoms with Crippen LogP contribution in [-0.4, -0.2) is 27.0 Å². The number of carbonyl (C=O) groups excluding carboxylic acids is 1. The number of aromatic nitrogens is 2. The van der Waals surface area contributed by atoms with E-state index in [0.29, 0.717) is 34.3 Å². The molecule has 132 valence electrons. The number of carbonyl (C=O) groups is 2. The molecule has 0 fully saturated rings. The van der Waals surface area contributed by atoms with Crippen molar-refractivity contribution in [3.63, 3.8) is 0 Å². The van der Waals surface area contributed by atoms with Crippen molar-refractivity contribution in [2.75, 3.05) is 5.32 Å². The fraction of sp³-hybridized carbons (Fsp3) is 0.150. The number of nitrogens with one attached hydrogen (secondary N) is 2. The van der Waals surface area contributed by atoms with Crippen LogP contribution in [0.25, 0.3) is 22.7 Å². The van der Waals surface area contributed by atoms with E-state index in [1.165, 1.54) is 0 Å². The third-order valence-electron chi connectivity index (χ3n) is 3.97. The van der Waals surface area contributed by atoms with Crippen LogP contribution in [0.3, 0.4) is 0 Å². The van der Waals surface area contributed by atoms with Crippen LogP contribution in [0.1, 0.15) is 30.9 Å². The first kappa shape index (κ1) is 17.4. The number of amides is 1. The number of nitrogens with zero attached hydrogens (tertiary/aromatic N) is 1. The monoisotopic (exact) mass is 349 g/mol. The Bertz CT molecular complexity index is 974. The standard InChI is InChI=1S/C20H19N3O3/c1-2-6-17(24)23-16-9-10-21-19-18(16)14(12-22-19)11-15(20(25)26)13-7-4-3-5-8-13/h3-5,7-12H,2,6H2,1H3,(H,25,26)(H2,21,22,23,24). The van der Waals surface area contributed by atoms with Gasteiger partial charge in [-0.1, -0.05) is 37.3 Å². The summed E-state index contributed by atoms with van der Waals surface area (Å²) in [6.45, 7) is 1.94. The number of fused-ring (bicyclic) bond motifs is 1. The van der Waals surface area contributed by atoms with Gasteiger partial charge in [-0.15, -0.1) is 0 Å². The van der Waals surface area contributed by atoms with Gasteiger partial charge in [0.05, 0.1) is 11.3 Å². The van der Waals surface area contributed by atoms with E-state index in [0.717, 1.165) is 6.42 Å². The Labute approximate surface area is 150 Å². The molecule has 0 atom stereocenters. The normalized spacial score (nSPS) is 11.5. The van der Waals surface area contributed by atoms with E-state index in [1.807, 2.05) is 13.0 Å². The molecule has 1 amide bonds. The zero-order chi connectivity index (χ0) is 18.5. The number of rotatable bonds is 6. The third-order valence-corrected chi connectivity index (χ3v) is 3.97. The minimum atomic E-state index is -1.02. The molecule has 0 radical (unpaired) electrons. The quantitative estimate of drug-likeness (QED) is 0.588. The molecule has 0 saturated heterocycles. The Hall–Kier alpha value is -3.41. The lowest BCUT2D eigenvalue weighted by Gasteiger charge is -2.07. The highest BCUT2D eigenvalue weighted by molar-refractivity contribution is 6.22. The molecule has 3 N–H and O–H groups in total. The Morgan fingerprint density at radius 3 is 2.69 bits per heavy atom. The van der Waals surface area contributed by atoms with Gasteiger partial charge in [-0.2, -0.15) is 0 Å². The second-order valence-electron chi connectivity index (χ2n) is 5.85. The maximum absolute atomic E-state index is 12.0. The summed E-state index contributed by atoms with van der Waals surface area (Å²) in [6, 6.07) is 10.6. The molecule has 0 aliphatic carbocycles. The van der Waals surface area contributed by atoms with Crippen molar-refractivity contribution in [3.05, 3.63) is 59.9 Å². The van der Waals surface area contributed by atoms with E-state index in [1.54, 1.807) is 48.8 Å². The van der Waals surface area contributed by atoms with E-state index in [9.17, 15) is 14.7 Å². The van der Waals surface area contributed by atoms with Gasteiger partial charge < -0.3 is 15.4 Å². The summed E-state index contributed by atoms with van der Waals surface area (Å²) < 4.78 is 0. The van der Waals surface area contributed by atoms with E-state index in [-0.39, 0.29) is 11.5 Å². The summed E-state index contributed by atoms with van der Waals surface area (Å²) in [5, 5.41) is 13.2. The van der Waals surface area contributed by atoms with Crippen LogP contribution in [0, 0.1) is 0 Å². The number of hydrogen-bond donors (Lipinski definition) is 3. The van der Waals surface area contributed by atoms with Crippen LogP contribution in [0.15, 0.2) is 48.8 Å². The molecule has 3 aromatic rings. The van der Waals surface area contributed by atoms with Crippen LogP contribution >= 0.6 is 0 Å². The molecule has 6 heteroatoms. The Kier molecular flexibility index (Phi) is 5.12. The number of carboxylic acids is 1. The van der Waals surface area contributed by atoms with Crippen molar-refractivity contribution >= 4 is 40.2 Å². The van der Waals surface area contributed by atoms with E-state index in [4.69, 9.17) is 0 Å². The minimum Gasteiger partial charge on any atom is -0.478 e. The zero-order valence-corrected chi connectivity index (χ0v) is 14.3. The number of hydrogen-bond acceptors (Lipinski definition) is 3. The van der Waals surface area contributed by atoms with Gasteiger partial charge in [-0.3, -0.25) is 4.79 Å². The van der Waals surface area contributed by atoms with Gasteiger partial charge in [-0.05, 0) is 24.1 Å². The number of anilines is 1. The van der Waals surface area contributed by atoms with Crippen LogP contribution in [0.4, 0.5) is 5.69 Å². The second-order valence-corrected chi connectivity index (χ2v) is 5.85. The predicted octanol–water partition coefficient (Wildman–Crippen LogP) is 3.93. The first-order valence-corrected chi connectivity index (χ1v) is 8.36. The average molecular weight is 349 g/mol. The summed E-state index contributed by atoms with van der Waals surface area (Å²) in [5.74, 6) is -1.11. The van der Waals surface area contributed by atoms with E-state index in [2.05, 4.69) is 15.3 Å². The molecule has 3 rings (SSSR count). The Morgan fingerprint density at radius 1 is 1.23 bits per heavy atom. The van der Waals surface area contributed by atoms with Crippen LogP contribution in [0.5, 0.6) is 0 Å². The van der Waals surface area contributed by atoms with Gasteiger partial charge in [0.1, 0.15) is 5.65 Å². The lowest BCUT2D eigenvalue weighted by Crippen LogP contribution is -2.11. The molecule has 2 heterocycles. The molecule has 0 saturated carbocycles. The topological polar surface area (TPSA) is 95.1 Å². The molecule has 0 bridgehead atoms. The molecule has 0 unspecified atom stereocenters. The molecule has 0 aliphatic rings. The summed E-state index contributed by atoms with van der Waals surface area (Å²) >= 11 is 0.